The van der Waals surface area contributed by atoms with Crippen molar-refractivity contribution in [3.8, 4) is 0 Å². The highest BCUT2D eigenvalue weighted by Crippen LogP contribution is 2.41. The fraction of sp³-hybridized carbons (Fsp3) is 0.525. The second-order valence-corrected chi connectivity index (χ2v) is 13.6. The van der Waals surface area contributed by atoms with Gasteiger partial charge in [-0.1, -0.05) is 136 Å². The number of aliphatic carboxylic acids is 1. The van der Waals surface area contributed by atoms with Crippen LogP contribution < -0.4 is 5.11 Å². The van der Waals surface area contributed by atoms with E-state index in [0.29, 0.717) is 6.42 Å². The number of benzene rings is 3. The highest BCUT2D eigenvalue weighted by atomic mass is 32.2. The lowest BCUT2D eigenvalue weighted by molar-refractivity contribution is -0.305. The van der Waals surface area contributed by atoms with Crippen LogP contribution in [0.15, 0.2) is 69.3 Å². The zero-order valence-electron chi connectivity index (χ0n) is 28.3. The summed E-state index contributed by atoms with van der Waals surface area (Å²) in [5.41, 5.74) is 9.49. The van der Waals surface area contributed by atoms with Crippen LogP contribution in [0.25, 0.3) is 0 Å². The molecule has 0 aliphatic carbocycles. The van der Waals surface area contributed by atoms with Gasteiger partial charge in [-0.25, -0.2) is 0 Å². The molecule has 0 aromatic heterocycles. The largest absolute Gasteiger partial charge is 0.550 e. The maximum atomic E-state index is 9.49. The Balaban J connectivity index is 0.000000973. The van der Waals surface area contributed by atoms with E-state index in [0.717, 1.165) is 0 Å². The Morgan fingerprint density at radius 3 is 1.14 bits per heavy atom. The molecule has 0 aliphatic heterocycles. The molecule has 0 heterocycles. The highest BCUT2D eigenvalue weighted by Gasteiger charge is 2.37. The standard InChI is InChI=1S/C36H51S.C4H8O2/c1-7-16-28-24-30(18-9-3)35(31(25-28)19-10-4)37(34-22-14-13-15-23-34)36-32(20-11-5)26-29(17-8-2)27-33(36)21-12-6;1-2-3-4(5)6/h13-15,22-27H,7-12,16-21H2,1-6H3;2-3H2,1H3,(H,5,6)/q+1;/p-1. The molecule has 2 nitrogen and oxygen atoms in total. The number of carbonyl (C=O) groups is 1. The van der Waals surface area contributed by atoms with Crippen LogP contribution >= 0.6 is 0 Å². The summed E-state index contributed by atoms with van der Waals surface area (Å²) in [5.74, 6) is -0.961. The van der Waals surface area contributed by atoms with E-state index in [4.69, 9.17) is 0 Å². The van der Waals surface area contributed by atoms with Gasteiger partial charge in [-0.3, -0.25) is 0 Å². The Labute approximate surface area is 267 Å². The maximum absolute atomic E-state index is 9.49. The van der Waals surface area contributed by atoms with E-state index < -0.39 is 5.97 Å². The molecular weight excluding hydrogens is 545 g/mol. The number of rotatable bonds is 17. The molecule has 0 fully saturated rings. The third-order valence-corrected chi connectivity index (χ3v) is 10.2. The van der Waals surface area contributed by atoms with Gasteiger partial charge in [0.05, 0.1) is 0 Å². The topological polar surface area (TPSA) is 40.1 Å². The molecule has 0 N–H and O–H groups in total. The maximum Gasteiger partial charge on any atom is 0.172 e. The molecule has 0 spiro atoms. The molecule has 0 radical (unpaired) electrons. The first-order chi connectivity index (χ1) is 20.9. The first kappa shape index (κ1) is 36.7. The van der Waals surface area contributed by atoms with E-state index in [1.54, 1.807) is 39.0 Å². The lowest BCUT2D eigenvalue weighted by Crippen LogP contribution is -2.20. The molecule has 0 saturated heterocycles. The molecule has 0 aliphatic rings. The van der Waals surface area contributed by atoms with Crippen molar-refractivity contribution in [3.63, 3.8) is 0 Å². The SMILES string of the molecule is CCCC(=O)[O-].CCCc1cc(CCC)c([S+](c2ccccc2)c2c(CCC)cc(CCC)cc2CCC)c(CCC)c1. The van der Waals surface area contributed by atoms with Crippen molar-refractivity contribution in [1.82, 2.24) is 0 Å². The molecule has 0 atom stereocenters. The molecule has 3 aromatic rings. The lowest BCUT2D eigenvalue weighted by Gasteiger charge is -2.22. The summed E-state index contributed by atoms with van der Waals surface area (Å²) in [6.07, 6.45) is 15.1. The van der Waals surface area contributed by atoms with E-state index >= 15 is 0 Å². The van der Waals surface area contributed by atoms with Crippen LogP contribution in [0, 0.1) is 0 Å². The molecular formula is C40H58O2S. The van der Waals surface area contributed by atoms with Crippen LogP contribution in [-0.4, -0.2) is 5.97 Å². The first-order valence-electron chi connectivity index (χ1n) is 17.2. The van der Waals surface area contributed by atoms with Crippen molar-refractivity contribution in [2.45, 2.75) is 153 Å². The minimum absolute atomic E-state index is 0.0912. The molecule has 3 aromatic carbocycles. The van der Waals surface area contributed by atoms with Gasteiger partial charge in [0, 0.05) is 28.2 Å². The van der Waals surface area contributed by atoms with Gasteiger partial charge in [-0.15, -0.1) is 0 Å². The van der Waals surface area contributed by atoms with Crippen LogP contribution in [0.5, 0.6) is 0 Å². The molecule has 236 valence electrons. The Bertz CT molecular complexity index is 1110. The monoisotopic (exact) mass is 602 g/mol. The number of aryl methyl sites for hydroxylation is 6. The van der Waals surface area contributed by atoms with Crippen LogP contribution in [0.2, 0.25) is 0 Å². The zero-order valence-corrected chi connectivity index (χ0v) is 29.1. The summed E-state index contributed by atoms with van der Waals surface area (Å²) in [4.78, 5) is 14.3. The van der Waals surface area contributed by atoms with Crippen molar-refractivity contribution in [2.24, 2.45) is 0 Å². The van der Waals surface area contributed by atoms with Gasteiger partial charge in [0.1, 0.15) is 10.9 Å². The van der Waals surface area contributed by atoms with Crippen molar-refractivity contribution >= 4 is 16.9 Å². The average Bonchev–Trinajstić information content (AvgIpc) is 2.97. The second-order valence-electron chi connectivity index (χ2n) is 11.7. The summed E-state index contributed by atoms with van der Waals surface area (Å²) in [7, 11) is -0.0912. The Morgan fingerprint density at radius 1 is 0.535 bits per heavy atom. The van der Waals surface area contributed by atoms with Gasteiger partial charge in [0.2, 0.25) is 0 Å². The first-order valence-corrected chi connectivity index (χ1v) is 18.4. The van der Waals surface area contributed by atoms with E-state index in [1.807, 2.05) is 0 Å². The molecule has 0 saturated carbocycles. The summed E-state index contributed by atoms with van der Waals surface area (Å²) in [5, 5.41) is 9.49. The molecule has 3 rings (SSSR count). The third-order valence-electron chi connectivity index (χ3n) is 7.60. The number of hydrogen-bond acceptors (Lipinski definition) is 2. The van der Waals surface area contributed by atoms with Gasteiger partial charge in [-0.2, -0.15) is 0 Å². The predicted octanol–water partition coefficient (Wildman–Crippen LogP) is 10.0. The van der Waals surface area contributed by atoms with E-state index in [-0.39, 0.29) is 17.3 Å². The van der Waals surface area contributed by atoms with Crippen molar-refractivity contribution in [2.75, 3.05) is 0 Å². The number of carboxylic acids is 1. The van der Waals surface area contributed by atoms with Gasteiger partial charge in [-0.05, 0) is 68.2 Å². The lowest BCUT2D eigenvalue weighted by atomic mass is 9.97. The van der Waals surface area contributed by atoms with Crippen LogP contribution in [0.4, 0.5) is 0 Å². The van der Waals surface area contributed by atoms with E-state index in [1.165, 1.54) is 93.1 Å². The minimum atomic E-state index is -0.961. The van der Waals surface area contributed by atoms with Crippen molar-refractivity contribution in [1.29, 1.82) is 0 Å². The molecule has 3 heteroatoms. The van der Waals surface area contributed by atoms with Crippen molar-refractivity contribution in [3.05, 3.63) is 88.0 Å². The third kappa shape index (κ3) is 11.2. The number of carboxylic acid groups (broad SMARTS) is 1. The van der Waals surface area contributed by atoms with Crippen LogP contribution in [0.3, 0.4) is 0 Å². The van der Waals surface area contributed by atoms with Gasteiger partial charge in [0.15, 0.2) is 14.7 Å². The van der Waals surface area contributed by atoms with Gasteiger partial charge < -0.3 is 9.90 Å². The summed E-state index contributed by atoms with van der Waals surface area (Å²) >= 11 is 0. The molecule has 0 amide bonds. The quantitative estimate of drug-likeness (QED) is 0.144. The fourth-order valence-corrected chi connectivity index (χ4v) is 8.76. The number of carbonyl (C=O) groups excluding carboxylic acids is 1. The molecule has 0 bridgehead atoms. The number of hydrogen-bond donors (Lipinski definition) is 0. The molecule has 0 unspecified atom stereocenters. The Kier molecular flexibility index (Phi) is 17.4. The van der Waals surface area contributed by atoms with Gasteiger partial charge in [0.25, 0.3) is 0 Å². The zero-order chi connectivity index (χ0) is 31.6. The van der Waals surface area contributed by atoms with Crippen LogP contribution in [-0.2, 0) is 54.2 Å². The second kappa shape index (κ2) is 20.4. The van der Waals surface area contributed by atoms with Gasteiger partial charge >= 0.3 is 0 Å². The molecule has 43 heavy (non-hydrogen) atoms. The summed E-state index contributed by atoms with van der Waals surface area (Å²) in [6.45, 7) is 15.8. The van der Waals surface area contributed by atoms with E-state index in [9.17, 15) is 9.90 Å². The average molecular weight is 603 g/mol. The smallest absolute Gasteiger partial charge is 0.172 e. The van der Waals surface area contributed by atoms with Crippen molar-refractivity contribution < 1.29 is 9.90 Å². The summed E-state index contributed by atoms with van der Waals surface area (Å²) < 4.78 is 0. The Hall–Kier alpha value is -2.52. The van der Waals surface area contributed by atoms with Crippen LogP contribution in [0.1, 0.15) is 133 Å². The summed E-state index contributed by atoms with van der Waals surface area (Å²) in [6, 6.07) is 21.8. The predicted molar refractivity (Wildman–Crippen MR) is 185 cm³/mol. The Morgan fingerprint density at radius 2 is 0.884 bits per heavy atom. The highest BCUT2D eigenvalue weighted by molar-refractivity contribution is 7.97. The fourth-order valence-electron chi connectivity index (χ4n) is 5.96. The minimum Gasteiger partial charge on any atom is -0.550 e. The normalized spacial score (nSPS) is 11.0. The van der Waals surface area contributed by atoms with E-state index in [2.05, 4.69) is 96.1 Å².